The summed E-state index contributed by atoms with van der Waals surface area (Å²) in [7, 11) is 0. The average molecular weight is 364 g/mol. The Morgan fingerprint density at radius 3 is 2.64 bits per heavy atom. The number of halogens is 1. The zero-order valence-corrected chi connectivity index (χ0v) is 15.1. The molecule has 4 atom stereocenters. The molecule has 0 spiro atoms. The molecule has 1 aromatic carbocycles. The van der Waals surface area contributed by atoms with Crippen molar-refractivity contribution in [1.29, 1.82) is 0 Å². The van der Waals surface area contributed by atoms with Crippen LogP contribution in [0.4, 0.5) is 5.69 Å². The summed E-state index contributed by atoms with van der Waals surface area (Å²) in [6, 6.07) is 9.65. The van der Waals surface area contributed by atoms with Crippen molar-refractivity contribution in [3.63, 3.8) is 0 Å². The summed E-state index contributed by atoms with van der Waals surface area (Å²) in [5.41, 5.74) is 0.907. The second-order valence-corrected chi connectivity index (χ2v) is 7.28. The number of nitrogens with one attached hydrogen (secondary N) is 2. The number of anilines is 1. The molecule has 136 valence electrons. The fourth-order valence-electron chi connectivity index (χ4n) is 4.47. The predicted octanol–water partition coefficient (Wildman–Crippen LogP) is 2.25. The molecule has 3 fully saturated rings. The van der Waals surface area contributed by atoms with Crippen LogP contribution in [-0.4, -0.2) is 36.5 Å². The fourth-order valence-corrected chi connectivity index (χ4v) is 4.47. The minimum Gasteiger partial charge on any atom is -0.343 e. The van der Waals surface area contributed by atoms with E-state index >= 15 is 0 Å². The Labute approximate surface area is 154 Å². The molecule has 2 heterocycles. The Hall–Kier alpha value is -1.59. The van der Waals surface area contributed by atoms with Gasteiger partial charge in [-0.1, -0.05) is 31.0 Å². The fraction of sp³-hybridized carbons (Fsp3) is 0.579. The van der Waals surface area contributed by atoms with Gasteiger partial charge in [-0.2, -0.15) is 0 Å². The van der Waals surface area contributed by atoms with E-state index in [0.29, 0.717) is 24.9 Å². The highest BCUT2D eigenvalue weighted by Crippen LogP contribution is 2.33. The van der Waals surface area contributed by atoms with Crippen LogP contribution < -0.4 is 15.5 Å². The first-order valence-electron chi connectivity index (χ1n) is 9.15. The number of amides is 2. The molecule has 4 rings (SSSR count). The molecule has 2 saturated heterocycles. The number of nitrogens with zero attached hydrogens (tertiary/aromatic N) is 1. The number of hydrogen-bond acceptors (Lipinski definition) is 3. The Morgan fingerprint density at radius 2 is 1.88 bits per heavy atom. The summed E-state index contributed by atoms with van der Waals surface area (Å²) in [6.45, 7) is 0.664. The molecule has 1 saturated carbocycles. The van der Waals surface area contributed by atoms with E-state index < -0.39 is 0 Å². The molecule has 0 radical (unpaired) electrons. The monoisotopic (exact) mass is 363 g/mol. The van der Waals surface area contributed by atoms with E-state index in [0.717, 1.165) is 12.1 Å². The molecular weight excluding hydrogens is 338 g/mol. The van der Waals surface area contributed by atoms with Crippen LogP contribution in [0.3, 0.4) is 0 Å². The van der Waals surface area contributed by atoms with Crippen molar-refractivity contribution >= 4 is 29.9 Å². The number of fused-ring (bicyclic) bond motifs is 1. The first kappa shape index (κ1) is 18.2. The van der Waals surface area contributed by atoms with E-state index in [1.807, 2.05) is 30.3 Å². The number of rotatable bonds is 3. The van der Waals surface area contributed by atoms with Gasteiger partial charge in [-0.3, -0.25) is 9.59 Å². The number of benzene rings is 1. The van der Waals surface area contributed by atoms with Crippen molar-refractivity contribution in [1.82, 2.24) is 10.6 Å². The summed E-state index contributed by atoms with van der Waals surface area (Å²) < 4.78 is 0. The van der Waals surface area contributed by atoms with E-state index in [-0.39, 0.29) is 36.3 Å². The van der Waals surface area contributed by atoms with Crippen molar-refractivity contribution in [2.24, 2.45) is 5.92 Å². The molecule has 2 aliphatic heterocycles. The molecule has 4 unspecified atom stereocenters. The van der Waals surface area contributed by atoms with Gasteiger partial charge in [-0.05, 0) is 43.7 Å². The highest BCUT2D eigenvalue weighted by atomic mass is 35.5. The normalized spacial score (nSPS) is 31.4. The average Bonchev–Trinajstić information content (AvgIpc) is 3.20. The van der Waals surface area contributed by atoms with Crippen LogP contribution in [0.1, 0.15) is 38.5 Å². The van der Waals surface area contributed by atoms with Gasteiger partial charge >= 0.3 is 0 Å². The number of carbonyl (C=O) groups excluding carboxylic acids is 2. The van der Waals surface area contributed by atoms with Crippen molar-refractivity contribution in [2.45, 2.75) is 56.7 Å². The molecule has 0 aromatic heterocycles. The molecule has 2 amide bonds. The molecule has 1 aromatic rings. The zero-order valence-electron chi connectivity index (χ0n) is 14.3. The SMILES string of the molecule is Cl.O=C(NC1CCN(c2ccccc2)C1=O)C1CC2CCCCC2N1. The summed E-state index contributed by atoms with van der Waals surface area (Å²) in [4.78, 5) is 27.0. The van der Waals surface area contributed by atoms with Crippen LogP contribution in [0.15, 0.2) is 30.3 Å². The summed E-state index contributed by atoms with van der Waals surface area (Å²) in [5, 5.41) is 6.47. The minimum absolute atomic E-state index is 0. The van der Waals surface area contributed by atoms with E-state index in [1.54, 1.807) is 4.90 Å². The van der Waals surface area contributed by atoms with Crippen LogP contribution in [0.2, 0.25) is 0 Å². The highest BCUT2D eigenvalue weighted by molar-refractivity contribution is 6.01. The Balaban J connectivity index is 0.00000182. The van der Waals surface area contributed by atoms with Gasteiger partial charge in [0.25, 0.3) is 0 Å². The maximum absolute atomic E-state index is 12.6. The van der Waals surface area contributed by atoms with Crippen molar-refractivity contribution in [3.8, 4) is 0 Å². The zero-order chi connectivity index (χ0) is 16.5. The van der Waals surface area contributed by atoms with Crippen LogP contribution in [0, 0.1) is 5.92 Å². The molecule has 0 bridgehead atoms. The van der Waals surface area contributed by atoms with Crippen molar-refractivity contribution in [2.75, 3.05) is 11.4 Å². The van der Waals surface area contributed by atoms with Gasteiger partial charge in [0.1, 0.15) is 6.04 Å². The van der Waals surface area contributed by atoms with Gasteiger partial charge in [0.05, 0.1) is 6.04 Å². The highest BCUT2D eigenvalue weighted by Gasteiger charge is 2.40. The van der Waals surface area contributed by atoms with Crippen molar-refractivity contribution in [3.05, 3.63) is 30.3 Å². The second kappa shape index (κ2) is 7.75. The quantitative estimate of drug-likeness (QED) is 0.865. The van der Waals surface area contributed by atoms with E-state index in [4.69, 9.17) is 0 Å². The standard InChI is InChI=1S/C19H25N3O2.ClH/c23-18(17-12-13-6-4-5-9-15(13)20-17)21-16-10-11-22(19(16)24)14-7-2-1-3-8-14;/h1-3,7-8,13,15-17,20H,4-6,9-12H2,(H,21,23);1H. The first-order valence-corrected chi connectivity index (χ1v) is 9.15. The molecule has 2 N–H and O–H groups in total. The lowest BCUT2D eigenvalue weighted by Crippen LogP contribution is -2.49. The lowest BCUT2D eigenvalue weighted by Gasteiger charge is -2.24. The van der Waals surface area contributed by atoms with Crippen LogP contribution in [0.5, 0.6) is 0 Å². The van der Waals surface area contributed by atoms with E-state index in [1.165, 1.54) is 25.7 Å². The lowest BCUT2D eigenvalue weighted by molar-refractivity contribution is -0.127. The van der Waals surface area contributed by atoms with Gasteiger partial charge in [-0.15, -0.1) is 12.4 Å². The lowest BCUT2D eigenvalue weighted by atomic mass is 9.85. The van der Waals surface area contributed by atoms with Crippen LogP contribution in [0.25, 0.3) is 0 Å². The summed E-state index contributed by atoms with van der Waals surface area (Å²) >= 11 is 0. The number of hydrogen-bond donors (Lipinski definition) is 2. The molecule has 3 aliphatic rings. The first-order chi connectivity index (χ1) is 11.7. The Morgan fingerprint density at radius 1 is 1.12 bits per heavy atom. The summed E-state index contributed by atoms with van der Waals surface area (Å²) in [6.07, 6.45) is 6.54. The minimum atomic E-state index is -0.387. The number of carbonyl (C=O) groups is 2. The molecule has 1 aliphatic carbocycles. The smallest absolute Gasteiger partial charge is 0.249 e. The van der Waals surface area contributed by atoms with Crippen LogP contribution >= 0.6 is 12.4 Å². The van der Waals surface area contributed by atoms with E-state index in [2.05, 4.69) is 10.6 Å². The van der Waals surface area contributed by atoms with Gasteiger partial charge in [0.15, 0.2) is 0 Å². The van der Waals surface area contributed by atoms with Gasteiger partial charge < -0.3 is 15.5 Å². The molecule has 6 heteroatoms. The van der Waals surface area contributed by atoms with Gasteiger partial charge in [0.2, 0.25) is 11.8 Å². The maximum atomic E-state index is 12.6. The molecular formula is C19H26ClN3O2. The maximum Gasteiger partial charge on any atom is 0.249 e. The van der Waals surface area contributed by atoms with E-state index in [9.17, 15) is 9.59 Å². The molecule has 5 nitrogen and oxygen atoms in total. The summed E-state index contributed by atoms with van der Waals surface area (Å²) in [5.74, 6) is 0.636. The van der Waals surface area contributed by atoms with Crippen LogP contribution in [-0.2, 0) is 9.59 Å². The predicted molar refractivity (Wildman–Crippen MR) is 99.9 cm³/mol. The van der Waals surface area contributed by atoms with Gasteiger partial charge in [0, 0.05) is 18.3 Å². The largest absolute Gasteiger partial charge is 0.343 e. The number of para-hydroxylation sites is 1. The third kappa shape index (κ3) is 3.67. The third-order valence-corrected chi connectivity index (χ3v) is 5.77. The third-order valence-electron chi connectivity index (χ3n) is 5.77. The Kier molecular flexibility index (Phi) is 5.64. The second-order valence-electron chi connectivity index (χ2n) is 7.28. The Bertz CT molecular complexity index is 610. The topological polar surface area (TPSA) is 61.4 Å². The molecule has 25 heavy (non-hydrogen) atoms. The van der Waals surface area contributed by atoms with Gasteiger partial charge in [-0.25, -0.2) is 0 Å². The van der Waals surface area contributed by atoms with Crippen molar-refractivity contribution < 1.29 is 9.59 Å².